The van der Waals surface area contributed by atoms with E-state index in [0.717, 1.165) is 35.7 Å². The van der Waals surface area contributed by atoms with E-state index in [-0.39, 0.29) is 11.9 Å². The number of aromatic nitrogens is 2. The Bertz CT molecular complexity index is 942. The molecule has 0 bridgehead atoms. The smallest absolute Gasteiger partial charge is 0.254 e. The third-order valence-electron chi connectivity index (χ3n) is 5.52. The van der Waals surface area contributed by atoms with Gasteiger partial charge in [-0.2, -0.15) is 0 Å². The van der Waals surface area contributed by atoms with Crippen molar-refractivity contribution in [3.05, 3.63) is 78.6 Å². The van der Waals surface area contributed by atoms with Crippen LogP contribution in [0.1, 0.15) is 24.2 Å². The lowest BCUT2D eigenvalue weighted by molar-refractivity contribution is 0.0598. The van der Waals surface area contributed by atoms with E-state index >= 15 is 0 Å². The number of piperazine rings is 1. The molecule has 0 radical (unpaired) electrons. The van der Waals surface area contributed by atoms with Gasteiger partial charge in [-0.05, 0) is 35.2 Å². The average Bonchev–Trinajstić information content (AvgIpc) is 2.79. The minimum atomic E-state index is 0.0944. The van der Waals surface area contributed by atoms with E-state index in [1.807, 2.05) is 53.4 Å². The van der Waals surface area contributed by atoms with Crippen LogP contribution in [0.15, 0.2) is 73.1 Å². The van der Waals surface area contributed by atoms with Crippen molar-refractivity contribution in [2.24, 2.45) is 5.92 Å². The summed E-state index contributed by atoms with van der Waals surface area (Å²) in [6.07, 6.45) is 3.52. The maximum Gasteiger partial charge on any atom is 0.254 e. The first-order valence-corrected chi connectivity index (χ1v) is 10.1. The van der Waals surface area contributed by atoms with Crippen LogP contribution < -0.4 is 4.90 Å². The molecule has 1 saturated heterocycles. The number of hydrogen-bond donors (Lipinski definition) is 0. The summed E-state index contributed by atoms with van der Waals surface area (Å²) < 4.78 is 0. The molecule has 0 spiro atoms. The first-order chi connectivity index (χ1) is 14.1. The van der Waals surface area contributed by atoms with Crippen molar-refractivity contribution >= 4 is 11.9 Å². The molecule has 0 saturated carbocycles. The van der Waals surface area contributed by atoms with Crippen LogP contribution >= 0.6 is 0 Å². The number of benzene rings is 2. The van der Waals surface area contributed by atoms with Crippen LogP contribution in [0.4, 0.5) is 5.95 Å². The van der Waals surface area contributed by atoms with Gasteiger partial charge >= 0.3 is 0 Å². The second-order valence-corrected chi connectivity index (χ2v) is 7.75. The summed E-state index contributed by atoms with van der Waals surface area (Å²) in [5.74, 6) is 1.17. The average molecular weight is 386 g/mol. The topological polar surface area (TPSA) is 49.3 Å². The molecule has 29 heavy (non-hydrogen) atoms. The molecule has 1 aliphatic heterocycles. The van der Waals surface area contributed by atoms with Crippen molar-refractivity contribution in [1.29, 1.82) is 0 Å². The Morgan fingerprint density at radius 2 is 1.55 bits per heavy atom. The largest absolute Gasteiger partial charge is 0.337 e. The van der Waals surface area contributed by atoms with Crippen LogP contribution in [-0.4, -0.2) is 46.5 Å². The number of rotatable bonds is 4. The van der Waals surface area contributed by atoms with Crippen molar-refractivity contribution in [3.63, 3.8) is 0 Å². The molecule has 2 aromatic carbocycles. The van der Waals surface area contributed by atoms with Crippen molar-refractivity contribution < 1.29 is 4.79 Å². The fourth-order valence-electron chi connectivity index (χ4n) is 3.87. The van der Waals surface area contributed by atoms with Crippen molar-refractivity contribution in [1.82, 2.24) is 14.9 Å². The highest BCUT2D eigenvalue weighted by atomic mass is 16.2. The lowest BCUT2D eigenvalue weighted by Crippen LogP contribution is -2.57. The van der Waals surface area contributed by atoms with Crippen LogP contribution in [0.2, 0.25) is 0 Å². The molecule has 5 nitrogen and oxygen atoms in total. The fourth-order valence-corrected chi connectivity index (χ4v) is 3.87. The summed E-state index contributed by atoms with van der Waals surface area (Å²) >= 11 is 0. The third kappa shape index (κ3) is 4.14. The number of hydrogen-bond acceptors (Lipinski definition) is 4. The molecule has 2 heterocycles. The van der Waals surface area contributed by atoms with Gasteiger partial charge in [0.05, 0.1) is 6.04 Å². The lowest BCUT2D eigenvalue weighted by Gasteiger charge is -2.43. The van der Waals surface area contributed by atoms with E-state index in [1.165, 1.54) is 0 Å². The molecule has 1 unspecified atom stereocenters. The Balaban J connectivity index is 1.51. The Morgan fingerprint density at radius 1 is 0.897 bits per heavy atom. The van der Waals surface area contributed by atoms with Crippen molar-refractivity contribution in [2.45, 2.75) is 19.9 Å². The van der Waals surface area contributed by atoms with Gasteiger partial charge in [-0.25, -0.2) is 9.97 Å². The Morgan fingerprint density at radius 3 is 2.21 bits per heavy atom. The zero-order valence-electron chi connectivity index (χ0n) is 16.9. The Hall–Kier alpha value is -3.21. The number of amides is 1. The predicted molar refractivity (Wildman–Crippen MR) is 116 cm³/mol. The van der Waals surface area contributed by atoms with Gasteiger partial charge in [0, 0.05) is 37.6 Å². The number of nitrogens with zero attached hydrogens (tertiary/aromatic N) is 4. The molecule has 5 heteroatoms. The van der Waals surface area contributed by atoms with Gasteiger partial charge in [-0.1, -0.05) is 56.3 Å². The SMILES string of the molecule is CC(C)C1CN(c2ncccn2)CCN1C(=O)c1ccc(-c2ccccc2)cc1. The maximum atomic E-state index is 13.3. The molecule has 0 aliphatic carbocycles. The van der Waals surface area contributed by atoms with E-state index in [1.54, 1.807) is 12.4 Å². The van der Waals surface area contributed by atoms with E-state index in [2.05, 4.69) is 40.8 Å². The van der Waals surface area contributed by atoms with Gasteiger partial charge in [-0.3, -0.25) is 4.79 Å². The number of carbonyl (C=O) groups excluding carboxylic acids is 1. The quantitative estimate of drug-likeness (QED) is 0.676. The molecule has 1 amide bonds. The molecule has 148 valence electrons. The molecular formula is C24H26N4O. The van der Waals surface area contributed by atoms with Crippen LogP contribution in [0.3, 0.4) is 0 Å². The second-order valence-electron chi connectivity index (χ2n) is 7.75. The van der Waals surface area contributed by atoms with Crippen LogP contribution in [0.25, 0.3) is 11.1 Å². The summed E-state index contributed by atoms with van der Waals surface area (Å²) in [6.45, 7) is 6.48. The molecule has 1 aromatic heterocycles. The lowest BCUT2D eigenvalue weighted by atomic mass is 9.98. The summed E-state index contributed by atoms with van der Waals surface area (Å²) in [5.41, 5.74) is 3.01. The van der Waals surface area contributed by atoms with Gasteiger partial charge in [0.25, 0.3) is 5.91 Å². The summed E-state index contributed by atoms with van der Waals surface area (Å²) in [5, 5.41) is 0. The second kappa shape index (κ2) is 8.43. The number of carbonyl (C=O) groups is 1. The summed E-state index contributed by atoms with van der Waals surface area (Å²) in [4.78, 5) is 26.2. The molecule has 3 aromatic rings. The van der Waals surface area contributed by atoms with E-state index in [4.69, 9.17) is 0 Å². The molecule has 1 fully saturated rings. The first-order valence-electron chi connectivity index (χ1n) is 10.1. The number of anilines is 1. The van der Waals surface area contributed by atoms with Gasteiger partial charge in [0.15, 0.2) is 0 Å². The van der Waals surface area contributed by atoms with E-state index in [0.29, 0.717) is 12.5 Å². The molecular weight excluding hydrogens is 360 g/mol. The minimum absolute atomic E-state index is 0.0944. The predicted octanol–water partition coefficient (Wildman–Crippen LogP) is 4.13. The normalized spacial score (nSPS) is 16.9. The van der Waals surface area contributed by atoms with Gasteiger partial charge in [0.2, 0.25) is 5.95 Å². The minimum Gasteiger partial charge on any atom is -0.337 e. The zero-order chi connectivity index (χ0) is 20.2. The van der Waals surface area contributed by atoms with Gasteiger partial charge in [0.1, 0.15) is 0 Å². The van der Waals surface area contributed by atoms with Crippen molar-refractivity contribution in [2.75, 3.05) is 24.5 Å². The van der Waals surface area contributed by atoms with E-state index < -0.39 is 0 Å². The Labute approximate surface area is 172 Å². The van der Waals surface area contributed by atoms with Gasteiger partial charge in [-0.15, -0.1) is 0 Å². The maximum absolute atomic E-state index is 13.3. The molecule has 0 N–H and O–H groups in total. The van der Waals surface area contributed by atoms with Crippen LogP contribution in [0.5, 0.6) is 0 Å². The van der Waals surface area contributed by atoms with Gasteiger partial charge < -0.3 is 9.80 Å². The van der Waals surface area contributed by atoms with Crippen LogP contribution in [0, 0.1) is 5.92 Å². The summed E-state index contributed by atoms with van der Waals surface area (Å²) in [7, 11) is 0. The standard InChI is InChI=1S/C24H26N4O/c1-18(2)22-17-27(24-25-13-6-14-26-24)15-16-28(22)23(29)21-11-9-20(10-12-21)19-7-4-3-5-8-19/h3-14,18,22H,15-17H2,1-2H3. The van der Waals surface area contributed by atoms with E-state index in [9.17, 15) is 4.79 Å². The Kier molecular flexibility index (Phi) is 5.56. The zero-order valence-corrected chi connectivity index (χ0v) is 16.9. The molecule has 4 rings (SSSR count). The highest BCUT2D eigenvalue weighted by Crippen LogP contribution is 2.24. The summed E-state index contributed by atoms with van der Waals surface area (Å²) in [6, 6.07) is 20.1. The monoisotopic (exact) mass is 386 g/mol. The molecule has 1 aliphatic rings. The highest BCUT2D eigenvalue weighted by molar-refractivity contribution is 5.95. The van der Waals surface area contributed by atoms with Crippen molar-refractivity contribution in [3.8, 4) is 11.1 Å². The first kappa shape index (κ1) is 19.1. The fraction of sp³-hybridized carbons (Fsp3) is 0.292. The molecule has 1 atom stereocenters. The third-order valence-corrected chi connectivity index (χ3v) is 5.52. The van der Waals surface area contributed by atoms with Crippen LogP contribution in [-0.2, 0) is 0 Å². The highest BCUT2D eigenvalue weighted by Gasteiger charge is 2.33.